The summed E-state index contributed by atoms with van der Waals surface area (Å²) in [6.07, 6.45) is 1.98. The van der Waals surface area contributed by atoms with Crippen LogP contribution in [-0.4, -0.2) is 154 Å². The van der Waals surface area contributed by atoms with Crippen LogP contribution in [0, 0.1) is 105 Å². The van der Waals surface area contributed by atoms with Crippen molar-refractivity contribution >= 4 is 313 Å². The molecule has 0 aliphatic carbocycles. The van der Waals surface area contributed by atoms with Gasteiger partial charge in [0.1, 0.15) is 4.75 Å². The molecule has 0 aromatic heterocycles. The molecule has 0 heterocycles. The number of thiocarbonyl (C=S) groups is 4. The molecule has 0 N–H and O–H groups in total. The Morgan fingerprint density at radius 2 is 0.739 bits per heavy atom. The van der Waals surface area contributed by atoms with Crippen molar-refractivity contribution in [3.05, 3.63) is 219 Å². The van der Waals surface area contributed by atoms with Crippen molar-refractivity contribution in [2.24, 2.45) is 10.2 Å². The van der Waals surface area contributed by atoms with Gasteiger partial charge in [-0.1, -0.05) is 221 Å². The van der Waals surface area contributed by atoms with Crippen molar-refractivity contribution in [1.82, 2.24) is 0 Å². The molecule has 92 heavy (non-hydrogen) atoms. The smallest absolute Gasteiger partial charge is 1.00 e. The summed E-state index contributed by atoms with van der Waals surface area (Å²) in [5.41, 5.74) is 3.70. The van der Waals surface area contributed by atoms with E-state index >= 15 is 0 Å². The van der Waals surface area contributed by atoms with Crippen LogP contribution in [0.25, 0.3) is 0 Å². The third-order valence-corrected chi connectivity index (χ3v) is 26.3. The van der Waals surface area contributed by atoms with Crippen LogP contribution in [0.3, 0.4) is 0 Å². The molecule has 0 amide bonds. The van der Waals surface area contributed by atoms with Crippen LogP contribution in [0.15, 0.2) is 162 Å². The summed E-state index contributed by atoms with van der Waals surface area (Å²) < 4.78 is 2.64. The number of nitrogens with zero attached hydrogens (tertiary/aromatic N) is 11. The van der Waals surface area contributed by atoms with Crippen LogP contribution in [0.1, 0.15) is 88.6 Å². The van der Waals surface area contributed by atoms with E-state index in [1.165, 1.54) is 120 Å². The molecule has 0 saturated carbocycles. The minimum absolute atomic E-state index is 0. The van der Waals surface area contributed by atoms with Gasteiger partial charge in [-0.3, -0.25) is 0 Å². The van der Waals surface area contributed by atoms with Crippen molar-refractivity contribution in [2.45, 2.75) is 82.5 Å². The molecule has 0 spiro atoms. The minimum atomic E-state index is -0.798. The molecule has 12 nitrogen and oxygen atoms in total. The van der Waals surface area contributed by atoms with Gasteiger partial charge in [0.05, 0.1) is 30.8 Å². The average Bonchev–Trinajstić information content (AvgIpc) is 1.89. The summed E-state index contributed by atoms with van der Waals surface area (Å²) in [6, 6.07) is 55.8. The fraction of sp³-hybridized carbons (Fsp3) is 0.246. The molecule has 5 aromatic carbocycles. The van der Waals surface area contributed by atoms with E-state index in [-0.39, 0.29) is 128 Å². The summed E-state index contributed by atoms with van der Waals surface area (Å²) in [5, 5.41) is 80.4. The van der Waals surface area contributed by atoms with Crippen LogP contribution in [0.4, 0.5) is 0 Å². The SMILES string of the molecule is CCC(C)(C#N)N=NC(C)(C#N)CC.CCC(C)(C#N)SC(=S)c1ccccc1.C[O-].ClCc1ccccc1.S=C(SSC(=S)c1ccccc1)c1ccccc1.S=C([S-])c1ccccc1.S=S=S=S=S=S=S=S.[C-]#N.[C-]#N.[C-]#N.[C-]#N.[C-]#N.[C-]#N.[Fe+6].[K].[K][K].[Na+].[Na+]. The maximum Gasteiger partial charge on any atom is 1.00 e. The first-order valence-corrected chi connectivity index (χ1v) is 54.7. The molecule has 0 saturated heterocycles. The van der Waals surface area contributed by atoms with Gasteiger partial charge in [0.15, 0.2) is 11.1 Å². The number of nitriles is 3. The van der Waals surface area contributed by atoms with Gasteiger partial charge in [0, 0.05) is 133 Å². The summed E-state index contributed by atoms with van der Waals surface area (Å²) in [5.74, 6) is 0.612. The van der Waals surface area contributed by atoms with Gasteiger partial charge in [-0.2, -0.15) is 33.1 Å². The largest absolute Gasteiger partial charge is 1.00 e. The Bertz CT molecular complexity index is 3060. The Kier molecular flexibility index (Phi) is 131. The monoisotopic (exact) mass is 1670 g/mol. The van der Waals surface area contributed by atoms with E-state index in [2.05, 4.69) is 50.8 Å². The standard InChI is InChI=1S/C14H10S4.C12H13NS2.C10H16N4.C7H7Cl.C7H6S2.6CN.CH3O.Fe.3K.2Na.S8/c15-13(11-7-3-1-4-8-11)17-18-14(16)12-9-5-2-6-10-12;1-3-12(2,9-13)15-11(14)10-7-5-4-6-8-10;1-5-9(3,7-11)13-14-10(4,6-2)8-12;8-6-7-4-2-1-3-5-7;8-7(9)6-4-2-1-3-5-6;7*1-2;;;;;;;1-3-5-7-8-6-4-2/h1-10H;4-8H,3H2,1-2H3;5-6H2,1-4H3;1-5H,6H2;1-5H,(H,8,9);;;;;;;1H3;;;;;;;/q;;;;;7*-1;+6;;;;2*+1;/p-1. The van der Waals surface area contributed by atoms with Crippen molar-refractivity contribution in [1.29, 1.82) is 47.4 Å². The molecule has 5 aromatic rings. The van der Waals surface area contributed by atoms with E-state index < -0.39 is 15.8 Å². The zero-order chi connectivity index (χ0) is 70.1. The van der Waals surface area contributed by atoms with Crippen LogP contribution >= 0.6 is 93.8 Å². The molecule has 459 valence electrons. The van der Waals surface area contributed by atoms with Crippen molar-refractivity contribution < 1.29 is 81.3 Å². The van der Waals surface area contributed by atoms with Gasteiger partial charge >= 0.3 is 139 Å². The summed E-state index contributed by atoms with van der Waals surface area (Å²) in [4.78, 5) is 0. The van der Waals surface area contributed by atoms with E-state index in [0.29, 0.717) is 22.9 Å². The molecule has 0 aliphatic rings. The molecule has 35 heteroatoms. The number of hydrogen-bond donors (Lipinski definition) is 0. The Morgan fingerprint density at radius 3 is 0.924 bits per heavy atom. The van der Waals surface area contributed by atoms with Crippen LogP contribution in [0.2, 0.25) is 0 Å². The normalized spacial score (nSPS) is 9.67. The van der Waals surface area contributed by atoms with Crippen LogP contribution in [0.5, 0.6) is 0 Å². The second-order valence-electron chi connectivity index (χ2n) is 14.3. The number of azo groups is 1. The Morgan fingerprint density at radius 1 is 0.489 bits per heavy atom. The number of thioether (sulfide) groups is 1. The molecule has 5 rings (SSSR count). The fourth-order valence-electron chi connectivity index (χ4n) is 4.08. The summed E-state index contributed by atoms with van der Waals surface area (Å²) in [6.45, 7) is 39.6. The second-order valence-corrected chi connectivity index (χ2v) is 31.9. The molecule has 0 fully saturated rings. The quantitative estimate of drug-likeness (QED) is 0.0228. The molecule has 3 unspecified atom stereocenters. The predicted octanol–water partition coefficient (Wildman–Crippen LogP) is 8.46. The van der Waals surface area contributed by atoms with E-state index in [4.69, 9.17) is 165 Å². The van der Waals surface area contributed by atoms with Crippen LogP contribution in [-0.2, 0) is 111 Å². The topological polar surface area (TPSA) is 262 Å². The van der Waals surface area contributed by atoms with Crippen molar-refractivity contribution in [2.75, 3.05) is 7.11 Å². The zero-order valence-electron chi connectivity index (χ0n) is 52.4. The minimum Gasteiger partial charge on any atom is 1.00 e. The summed E-state index contributed by atoms with van der Waals surface area (Å²) in [7, 11) is 13.0. The Hall–Kier alpha value is 2.18. The van der Waals surface area contributed by atoms with Crippen LogP contribution < -0.4 is 64.2 Å². The van der Waals surface area contributed by atoms with E-state index in [9.17, 15) is 0 Å². The number of rotatable bonds is 11. The summed E-state index contributed by atoms with van der Waals surface area (Å²) >= 11 is 44.3. The maximum absolute atomic E-state index is 9.05. The zero-order valence-corrected chi connectivity index (χ0v) is 80.6. The number of halogens is 1. The van der Waals surface area contributed by atoms with Gasteiger partial charge in [0.2, 0.25) is 0 Å². The molecule has 0 aliphatic heterocycles. The first-order chi connectivity index (χ1) is 42.5. The average molecular weight is 1680 g/mol. The van der Waals surface area contributed by atoms with Crippen molar-refractivity contribution in [3.8, 4) is 18.2 Å². The second kappa shape index (κ2) is 97.4. The third kappa shape index (κ3) is 76.4. The first-order valence-electron chi connectivity index (χ1n) is 23.8. The molecule has 0 bridgehead atoms. The first kappa shape index (κ1) is 124. The number of hydrogen-bond acceptors (Lipinski definition) is 22. The van der Waals surface area contributed by atoms with Gasteiger partial charge in [-0.15, -0.1) is 15.8 Å². The van der Waals surface area contributed by atoms with Gasteiger partial charge in [-0.25, -0.2) is 0 Å². The van der Waals surface area contributed by atoms with E-state index in [1.807, 2.05) is 179 Å². The third-order valence-electron chi connectivity index (χ3n) is 8.95. The van der Waals surface area contributed by atoms with E-state index in [0.717, 1.165) is 48.4 Å². The van der Waals surface area contributed by atoms with Gasteiger partial charge in [-0.05, 0) is 89.4 Å². The molecular formula is C57H54ClFeK3N11Na2OS16. The van der Waals surface area contributed by atoms with Gasteiger partial charge < -0.3 is 101 Å². The van der Waals surface area contributed by atoms with Gasteiger partial charge in [0.25, 0.3) is 0 Å². The fourth-order valence-corrected chi connectivity index (χ4v) is 19.6. The molecular weight excluding hydrogens is 1620 g/mol. The predicted molar refractivity (Wildman–Crippen MR) is 408 cm³/mol. The van der Waals surface area contributed by atoms with E-state index in [1.54, 1.807) is 49.4 Å². The number of alkyl halides is 1. The van der Waals surface area contributed by atoms with Crippen molar-refractivity contribution in [3.63, 3.8) is 0 Å². The molecule has 1 radical (unpaired) electrons. The Labute approximate surface area is 762 Å². The Balaban J connectivity index is -0.0000000714. The number of benzene rings is 5. The molecule has 3 atom stereocenters. The maximum atomic E-state index is 9.05.